The van der Waals surface area contributed by atoms with Crippen LogP contribution in [-0.2, 0) is 10.0 Å². The average Bonchev–Trinajstić information content (AvgIpc) is 2.36. The lowest BCUT2D eigenvalue weighted by atomic mass is 10.3. The van der Waals surface area contributed by atoms with Gasteiger partial charge in [-0.3, -0.25) is 16.0 Å². The normalized spacial score (nSPS) is 11.9. The molecule has 0 aromatic heterocycles. The molecule has 0 atom stereocenters. The maximum atomic E-state index is 12.3. The van der Waals surface area contributed by atoms with E-state index >= 15 is 0 Å². The van der Waals surface area contributed by atoms with Gasteiger partial charge >= 0.3 is 0 Å². The Kier molecular flexibility index (Phi) is 4.92. The minimum absolute atomic E-state index is 0.128. The van der Waals surface area contributed by atoms with Gasteiger partial charge < -0.3 is 5.43 Å². The lowest BCUT2D eigenvalue weighted by molar-refractivity contribution is -0.385. The number of alkyl halides is 2. The van der Waals surface area contributed by atoms with Gasteiger partial charge in [-0.25, -0.2) is 17.2 Å². The quantitative estimate of drug-likeness (QED) is 0.455. The van der Waals surface area contributed by atoms with Crippen LogP contribution in [0.1, 0.15) is 0 Å². The zero-order chi connectivity index (χ0) is 15.5. The van der Waals surface area contributed by atoms with E-state index in [0.29, 0.717) is 4.31 Å². The Hall–Kier alpha value is -1.85. The number of anilines is 1. The Bertz CT molecular complexity index is 608. The van der Waals surface area contributed by atoms with Crippen molar-refractivity contribution in [1.29, 1.82) is 0 Å². The largest absolute Gasteiger partial charge is 0.323 e. The zero-order valence-corrected chi connectivity index (χ0v) is 11.1. The summed E-state index contributed by atoms with van der Waals surface area (Å²) >= 11 is 0. The van der Waals surface area contributed by atoms with E-state index in [1.807, 2.05) is 0 Å². The van der Waals surface area contributed by atoms with E-state index in [1.54, 1.807) is 0 Å². The molecule has 112 valence electrons. The molecule has 0 saturated heterocycles. The van der Waals surface area contributed by atoms with Crippen LogP contribution in [0.5, 0.6) is 0 Å². The number of sulfonamides is 1. The maximum absolute atomic E-state index is 12.3. The first-order valence-electron chi connectivity index (χ1n) is 5.19. The molecule has 0 spiro atoms. The highest BCUT2D eigenvalue weighted by Gasteiger charge is 2.28. The van der Waals surface area contributed by atoms with Crippen molar-refractivity contribution in [3.63, 3.8) is 0 Å². The highest BCUT2D eigenvalue weighted by Crippen LogP contribution is 2.28. The van der Waals surface area contributed by atoms with Crippen LogP contribution in [0.15, 0.2) is 23.1 Å². The van der Waals surface area contributed by atoms with Crippen molar-refractivity contribution in [3.05, 3.63) is 28.3 Å². The number of nitrogens with two attached hydrogens (primary N) is 1. The molecule has 1 aromatic rings. The molecule has 0 aliphatic carbocycles. The molecule has 1 aromatic carbocycles. The van der Waals surface area contributed by atoms with E-state index in [9.17, 15) is 27.3 Å². The number of nitro benzene ring substituents is 1. The van der Waals surface area contributed by atoms with Gasteiger partial charge in [0.25, 0.3) is 12.1 Å². The molecule has 20 heavy (non-hydrogen) atoms. The third kappa shape index (κ3) is 3.37. The van der Waals surface area contributed by atoms with Gasteiger partial charge in [0.2, 0.25) is 10.0 Å². The zero-order valence-electron chi connectivity index (χ0n) is 10.3. The number of halogens is 2. The molecule has 0 aliphatic heterocycles. The van der Waals surface area contributed by atoms with Crippen molar-refractivity contribution in [2.45, 2.75) is 11.3 Å². The van der Waals surface area contributed by atoms with Gasteiger partial charge in [-0.05, 0) is 6.07 Å². The topological polar surface area (TPSA) is 119 Å². The lowest BCUT2D eigenvalue weighted by Gasteiger charge is -2.18. The summed E-state index contributed by atoms with van der Waals surface area (Å²) in [4.78, 5) is 9.31. The second-order valence-electron chi connectivity index (χ2n) is 3.76. The number of nitrogens with zero attached hydrogens (tertiary/aromatic N) is 2. The van der Waals surface area contributed by atoms with E-state index in [4.69, 9.17) is 5.84 Å². The Labute approximate surface area is 113 Å². The number of nitro groups is 1. The first-order chi connectivity index (χ1) is 9.20. The molecular weight excluding hydrogens is 298 g/mol. The van der Waals surface area contributed by atoms with E-state index < -0.39 is 38.5 Å². The molecule has 1 rings (SSSR count). The summed E-state index contributed by atoms with van der Waals surface area (Å²) in [5, 5.41) is 10.7. The van der Waals surface area contributed by atoms with Gasteiger partial charge in [0.1, 0.15) is 4.90 Å². The summed E-state index contributed by atoms with van der Waals surface area (Å²) in [7, 11) is -3.38. The summed E-state index contributed by atoms with van der Waals surface area (Å²) in [6.07, 6.45) is -2.87. The summed E-state index contributed by atoms with van der Waals surface area (Å²) in [5.41, 5.74) is 1.44. The number of hydrogen-bond acceptors (Lipinski definition) is 6. The number of hydrazine groups is 1. The van der Waals surface area contributed by atoms with Crippen LogP contribution < -0.4 is 11.3 Å². The molecule has 0 fully saturated rings. The van der Waals surface area contributed by atoms with Crippen molar-refractivity contribution >= 4 is 21.4 Å². The van der Waals surface area contributed by atoms with Gasteiger partial charge in [0.05, 0.1) is 17.2 Å². The van der Waals surface area contributed by atoms with Crippen molar-refractivity contribution in [3.8, 4) is 0 Å². The molecule has 0 unspecified atom stereocenters. The summed E-state index contributed by atoms with van der Waals surface area (Å²) in [5.74, 6) is 5.12. The predicted molar refractivity (Wildman–Crippen MR) is 66.7 cm³/mol. The van der Waals surface area contributed by atoms with Crippen molar-refractivity contribution < 1.29 is 22.1 Å². The maximum Gasteiger partial charge on any atom is 0.270 e. The predicted octanol–water partition coefficient (Wildman–Crippen LogP) is 0.766. The number of nitrogen functional groups attached to an aromatic ring is 1. The monoisotopic (exact) mass is 310 g/mol. The second-order valence-corrected chi connectivity index (χ2v) is 5.77. The SMILES string of the molecule is CN(CC(F)F)S(=O)(=O)c1cc([N+](=O)[O-])ccc1NN. The Morgan fingerprint density at radius 3 is 2.55 bits per heavy atom. The number of benzene rings is 1. The van der Waals surface area contributed by atoms with Crippen LogP contribution in [0, 0.1) is 10.1 Å². The first kappa shape index (κ1) is 16.2. The molecule has 8 nitrogen and oxygen atoms in total. The fourth-order valence-electron chi connectivity index (χ4n) is 1.42. The molecule has 0 bridgehead atoms. The van der Waals surface area contributed by atoms with Crippen LogP contribution in [0.4, 0.5) is 20.2 Å². The molecule has 0 amide bonds. The Morgan fingerprint density at radius 2 is 2.10 bits per heavy atom. The minimum Gasteiger partial charge on any atom is -0.323 e. The molecule has 11 heteroatoms. The van der Waals surface area contributed by atoms with Gasteiger partial charge in [0.15, 0.2) is 0 Å². The van der Waals surface area contributed by atoms with E-state index in [2.05, 4.69) is 5.43 Å². The fraction of sp³-hybridized carbons (Fsp3) is 0.333. The van der Waals surface area contributed by atoms with E-state index in [1.165, 1.54) is 0 Å². The summed E-state index contributed by atoms with van der Waals surface area (Å²) in [6.45, 7) is -1.03. The fourth-order valence-corrected chi connectivity index (χ4v) is 2.74. The number of non-ortho nitro benzene ring substituents is 1. The smallest absolute Gasteiger partial charge is 0.270 e. The second kappa shape index (κ2) is 6.07. The Balaban J connectivity index is 3.35. The molecular formula is C9H12F2N4O4S. The van der Waals surface area contributed by atoms with Gasteiger partial charge in [-0.2, -0.15) is 4.31 Å². The Morgan fingerprint density at radius 1 is 1.50 bits per heavy atom. The van der Waals surface area contributed by atoms with Crippen LogP contribution in [0.3, 0.4) is 0 Å². The molecule has 0 heterocycles. The van der Waals surface area contributed by atoms with Crippen LogP contribution in [0.2, 0.25) is 0 Å². The third-order valence-corrected chi connectivity index (χ3v) is 4.28. The standard InChI is InChI=1S/C9H12F2N4O4S/c1-14(5-9(10)11)20(18,19)8-4-6(15(16)17)2-3-7(8)13-12/h2-4,9,13H,5,12H2,1H3. The summed E-state index contributed by atoms with van der Waals surface area (Å²) < 4.78 is 49.1. The first-order valence-corrected chi connectivity index (χ1v) is 6.63. The number of nitrogens with one attached hydrogen (secondary N) is 1. The van der Waals surface area contributed by atoms with Crippen molar-refractivity contribution in [2.24, 2.45) is 5.84 Å². The van der Waals surface area contributed by atoms with E-state index in [0.717, 1.165) is 25.2 Å². The molecule has 0 saturated carbocycles. The van der Waals surface area contributed by atoms with Crippen LogP contribution >= 0.6 is 0 Å². The minimum atomic E-state index is -4.33. The molecule has 0 aliphatic rings. The molecule has 3 N–H and O–H groups in total. The van der Waals surface area contributed by atoms with Gasteiger partial charge in [-0.1, -0.05) is 0 Å². The lowest BCUT2D eigenvalue weighted by Crippen LogP contribution is -2.32. The van der Waals surface area contributed by atoms with Crippen LogP contribution in [0.25, 0.3) is 0 Å². The van der Waals surface area contributed by atoms with Crippen LogP contribution in [-0.4, -0.2) is 37.7 Å². The third-order valence-electron chi connectivity index (χ3n) is 2.41. The van der Waals surface area contributed by atoms with E-state index in [-0.39, 0.29) is 5.69 Å². The average molecular weight is 310 g/mol. The number of hydrogen-bond donors (Lipinski definition) is 2. The highest BCUT2D eigenvalue weighted by molar-refractivity contribution is 7.89. The molecule has 0 radical (unpaired) electrons. The summed E-state index contributed by atoms with van der Waals surface area (Å²) in [6, 6.07) is 2.88. The number of rotatable bonds is 6. The van der Waals surface area contributed by atoms with Crippen molar-refractivity contribution in [2.75, 3.05) is 19.0 Å². The van der Waals surface area contributed by atoms with Gasteiger partial charge in [-0.15, -0.1) is 0 Å². The van der Waals surface area contributed by atoms with Gasteiger partial charge in [0, 0.05) is 19.2 Å². The van der Waals surface area contributed by atoms with Crippen molar-refractivity contribution in [1.82, 2.24) is 4.31 Å². The highest BCUT2D eigenvalue weighted by atomic mass is 32.2.